The van der Waals surface area contributed by atoms with Crippen LogP contribution in [0.2, 0.25) is 5.02 Å². The molecule has 1 fully saturated rings. The minimum absolute atomic E-state index is 0.240. The van der Waals surface area contributed by atoms with Crippen LogP contribution in [0.4, 0.5) is 5.95 Å². The minimum atomic E-state index is 0.240. The van der Waals surface area contributed by atoms with Crippen molar-refractivity contribution in [3.8, 4) is 0 Å². The van der Waals surface area contributed by atoms with Crippen LogP contribution in [0.5, 0.6) is 0 Å². The largest absolute Gasteiger partial charge is 0.396 e. The van der Waals surface area contributed by atoms with Crippen molar-refractivity contribution in [3.63, 3.8) is 0 Å². The molecule has 2 rings (SSSR count). The predicted octanol–water partition coefficient (Wildman–Crippen LogP) is 1.34. The average molecular weight is 228 g/mol. The summed E-state index contributed by atoms with van der Waals surface area (Å²) in [6, 6.07) is 0. The summed E-state index contributed by atoms with van der Waals surface area (Å²) in [6.45, 7) is 2.03. The van der Waals surface area contributed by atoms with E-state index in [1.54, 1.807) is 12.4 Å². The highest BCUT2D eigenvalue weighted by Crippen LogP contribution is 2.20. The third-order valence-electron chi connectivity index (χ3n) is 2.67. The molecule has 1 saturated heterocycles. The second-order valence-electron chi connectivity index (χ2n) is 3.84. The number of halogens is 1. The molecule has 1 aromatic heterocycles. The highest BCUT2D eigenvalue weighted by molar-refractivity contribution is 6.30. The number of hydrogen-bond donors (Lipinski definition) is 1. The lowest BCUT2D eigenvalue weighted by Gasteiger charge is -2.31. The van der Waals surface area contributed by atoms with Gasteiger partial charge in [0.1, 0.15) is 0 Å². The summed E-state index contributed by atoms with van der Waals surface area (Å²) < 4.78 is 0. The Kier molecular flexibility index (Phi) is 3.38. The first kappa shape index (κ1) is 10.6. The summed E-state index contributed by atoms with van der Waals surface area (Å²) in [7, 11) is 0. The molecular formula is C10H14ClN3O. The second kappa shape index (κ2) is 4.77. The molecular weight excluding hydrogens is 214 g/mol. The summed E-state index contributed by atoms with van der Waals surface area (Å²) in [5.74, 6) is 1.05. The van der Waals surface area contributed by atoms with Crippen LogP contribution in [-0.2, 0) is 0 Å². The maximum absolute atomic E-state index is 9.11. The fourth-order valence-electron chi connectivity index (χ4n) is 1.86. The molecule has 4 nitrogen and oxygen atoms in total. The number of hydrogen-bond acceptors (Lipinski definition) is 4. The smallest absolute Gasteiger partial charge is 0.225 e. The maximum Gasteiger partial charge on any atom is 0.225 e. The number of aliphatic hydroxyl groups is 1. The number of nitrogens with zero attached hydrogens (tertiary/aromatic N) is 3. The van der Waals surface area contributed by atoms with E-state index < -0.39 is 0 Å². The Hall–Kier alpha value is -0.870. The Labute approximate surface area is 93.9 Å². The molecule has 1 aliphatic heterocycles. The van der Waals surface area contributed by atoms with Gasteiger partial charge >= 0.3 is 0 Å². The SMILES string of the molecule is OC[C@H]1CCCN(c2ncc(Cl)cn2)C1. The zero-order chi connectivity index (χ0) is 10.7. The first-order chi connectivity index (χ1) is 7.29. The molecule has 2 heterocycles. The Bertz CT molecular complexity index is 317. The Morgan fingerprint density at radius 1 is 1.47 bits per heavy atom. The molecule has 5 heteroatoms. The van der Waals surface area contributed by atoms with Gasteiger partial charge in [-0.05, 0) is 18.8 Å². The summed E-state index contributed by atoms with van der Waals surface area (Å²) in [5.41, 5.74) is 0. The first-order valence-electron chi connectivity index (χ1n) is 5.13. The van der Waals surface area contributed by atoms with Crippen molar-refractivity contribution < 1.29 is 5.11 Å². The summed E-state index contributed by atoms with van der Waals surface area (Å²) in [5, 5.41) is 9.66. The fourth-order valence-corrected chi connectivity index (χ4v) is 1.96. The topological polar surface area (TPSA) is 49.2 Å². The van der Waals surface area contributed by atoms with E-state index in [9.17, 15) is 0 Å². The van der Waals surface area contributed by atoms with E-state index in [1.165, 1.54) is 0 Å². The van der Waals surface area contributed by atoms with Gasteiger partial charge in [-0.2, -0.15) is 0 Å². The molecule has 0 unspecified atom stereocenters. The van der Waals surface area contributed by atoms with Gasteiger partial charge in [0.25, 0.3) is 0 Å². The number of anilines is 1. The first-order valence-corrected chi connectivity index (χ1v) is 5.50. The van der Waals surface area contributed by atoms with E-state index in [0.717, 1.165) is 25.9 Å². The van der Waals surface area contributed by atoms with Crippen molar-refractivity contribution in [2.75, 3.05) is 24.6 Å². The van der Waals surface area contributed by atoms with Gasteiger partial charge in [-0.3, -0.25) is 0 Å². The average Bonchev–Trinajstić information content (AvgIpc) is 2.30. The van der Waals surface area contributed by atoms with Crippen molar-refractivity contribution in [2.24, 2.45) is 5.92 Å². The minimum Gasteiger partial charge on any atom is -0.396 e. The molecule has 15 heavy (non-hydrogen) atoms. The van der Waals surface area contributed by atoms with Crippen LogP contribution >= 0.6 is 11.6 Å². The number of piperidine rings is 1. The van der Waals surface area contributed by atoms with Crippen LogP contribution in [0.3, 0.4) is 0 Å². The molecule has 82 valence electrons. The monoisotopic (exact) mass is 227 g/mol. The number of aromatic nitrogens is 2. The zero-order valence-corrected chi connectivity index (χ0v) is 9.19. The fraction of sp³-hybridized carbons (Fsp3) is 0.600. The van der Waals surface area contributed by atoms with Crippen LogP contribution in [0.1, 0.15) is 12.8 Å². The van der Waals surface area contributed by atoms with Crippen molar-refractivity contribution in [2.45, 2.75) is 12.8 Å². The number of rotatable bonds is 2. The molecule has 0 aliphatic carbocycles. The van der Waals surface area contributed by atoms with Gasteiger partial charge in [-0.1, -0.05) is 11.6 Å². The van der Waals surface area contributed by atoms with E-state index >= 15 is 0 Å². The second-order valence-corrected chi connectivity index (χ2v) is 4.27. The maximum atomic E-state index is 9.11. The van der Waals surface area contributed by atoms with Crippen LogP contribution < -0.4 is 4.90 Å². The van der Waals surface area contributed by atoms with Crippen LogP contribution in [0.15, 0.2) is 12.4 Å². The van der Waals surface area contributed by atoms with Crippen LogP contribution in [0.25, 0.3) is 0 Å². The van der Waals surface area contributed by atoms with Gasteiger partial charge in [0.15, 0.2) is 0 Å². The summed E-state index contributed by atoms with van der Waals surface area (Å²) in [6.07, 6.45) is 5.37. The van der Waals surface area contributed by atoms with Gasteiger partial charge < -0.3 is 10.0 Å². The Morgan fingerprint density at radius 2 is 2.20 bits per heavy atom. The van der Waals surface area contributed by atoms with Gasteiger partial charge in [0, 0.05) is 19.7 Å². The molecule has 0 saturated carbocycles. The van der Waals surface area contributed by atoms with Crippen molar-refractivity contribution in [3.05, 3.63) is 17.4 Å². The molecule has 0 bridgehead atoms. The van der Waals surface area contributed by atoms with Gasteiger partial charge in [0.05, 0.1) is 17.4 Å². The molecule has 1 N–H and O–H groups in total. The van der Waals surface area contributed by atoms with E-state index in [1.807, 2.05) is 0 Å². The Morgan fingerprint density at radius 3 is 2.87 bits per heavy atom. The lowest BCUT2D eigenvalue weighted by molar-refractivity contribution is 0.208. The lowest BCUT2D eigenvalue weighted by Crippen LogP contribution is -2.37. The van der Waals surface area contributed by atoms with Crippen molar-refractivity contribution >= 4 is 17.5 Å². The van der Waals surface area contributed by atoms with E-state index in [-0.39, 0.29) is 6.61 Å². The molecule has 0 radical (unpaired) electrons. The molecule has 1 atom stereocenters. The molecule has 0 spiro atoms. The summed E-state index contributed by atoms with van der Waals surface area (Å²) >= 11 is 5.72. The Balaban J connectivity index is 2.06. The molecule has 1 aromatic rings. The highest BCUT2D eigenvalue weighted by atomic mass is 35.5. The zero-order valence-electron chi connectivity index (χ0n) is 8.43. The van der Waals surface area contributed by atoms with Gasteiger partial charge in [0.2, 0.25) is 5.95 Å². The quantitative estimate of drug-likeness (QED) is 0.829. The third kappa shape index (κ3) is 2.58. The van der Waals surface area contributed by atoms with Gasteiger partial charge in [-0.25, -0.2) is 9.97 Å². The normalized spacial score (nSPS) is 21.7. The van der Waals surface area contributed by atoms with Gasteiger partial charge in [-0.15, -0.1) is 0 Å². The number of aliphatic hydroxyl groups excluding tert-OH is 1. The van der Waals surface area contributed by atoms with E-state index in [0.29, 0.717) is 16.9 Å². The molecule has 0 aromatic carbocycles. The highest BCUT2D eigenvalue weighted by Gasteiger charge is 2.20. The molecule has 1 aliphatic rings. The van der Waals surface area contributed by atoms with E-state index in [4.69, 9.17) is 16.7 Å². The van der Waals surface area contributed by atoms with Crippen LogP contribution in [0, 0.1) is 5.92 Å². The van der Waals surface area contributed by atoms with Crippen molar-refractivity contribution in [1.29, 1.82) is 0 Å². The summed E-state index contributed by atoms with van der Waals surface area (Å²) in [4.78, 5) is 10.4. The predicted molar refractivity (Wildman–Crippen MR) is 59.1 cm³/mol. The molecule has 0 amide bonds. The lowest BCUT2D eigenvalue weighted by atomic mass is 9.99. The van der Waals surface area contributed by atoms with E-state index in [2.05, 4.69) is 14.9 Å². The van der Waals surface area contributed by atoms with Crippen molar-refractivity contribution in [1.82, 2.24) is 9.97 Å². The standard InChI is InChI=1S/C10H14ClN3O/c11-9-4-12-10(13-5-9)14-3-1-2-8(6-14)7-15/h4-5,8,15H,1-3,6-7H2/t8-/m0/s1. The van der Waals surface area contributed by atoms with Crippen LogP contribution in [-0.4, -0.2) is 34.8 Å². The third-order valence-corrected chi connectivity index (χ3v) is 2.86.